The van der Waals surface area contributed by atoms with Crippen LogP contribution in [0.3, 0.4) is 0 Å². The molecule has 3 heterocycles. The number of anilines is 2. The molecule has 1 amide bonds. The third-order valence-corrected chi connectivity index (χ3v) is 5.22. The summed E-state index contributed by atoms with van der Waals surface area (Å²) in [7, 11) is 3.79. The molecule has 1 unspecified atom stereocenters. The number of nitrogens with zero attached hydrogens (tertiary/aromatic N) is 4. The summed E-state index contributed by atoms with van der Waals surface area (Å²) in [6.07, 6.45) is 2.48. The van der Waals surface area contributed by atoms with Gasteiger partial charge in [-0.25, -0.2) is 9.97 Å². The summed E-state index contributed by atoms with van der Waals surface area (Å²) >= 11 is 4.97. The Labute approximate surface area is 165 Å². The van der Waals surface area contributed by atoms with Crippen LogP contribution in [0, 0.1) is 6.92 Å². The first-order valence-corrected chi connectivity index (χ1v) is 10.0. The molecule has 0 saturated carbocycles. The molecule has 2 aromatic heterocycles. The lowest BCUT2D eigenvalue weighted by Gasteiger charge is -2.20. The lowest BCUT2D eigenvalue weighted by molar-refractivity contribution is -0.131. The molecule has 0 aromatic carbocycles. The van der Waals surface area contributed by atoms with Gasteiger partial charge >= 0.3 is 0 Å². The Bertz CT molecular complexity index is 782. The summed E-state index contributed by atoms with van der Waals surface area (Å²) in [6.45, 7) is 3.68. The molecule has 140 valence electrons. The molecule has 7 nitrogen and oxygen atoms in total. The number of pyridine rings is 1. The van der Waals surface area contributed by atoms with Crippen molar-refractivity contribution in [2.75, 3.05) is 39.0 Å². The quantitative estimate of drug-likeness (QED) is 0.745. The number of hydrogen-bond acceptors (Lipinski definition) is 7. The lowest BCUT2D eigenvalue weighted by Crippen LogP contribution is -2.37. The molecule has 1 saturated heterocycles. The monoisotopic (exact) mass is 439 g/mol. The molecule has 1 atom stereocenters. The van der Waals surface area contributed by atoms with Crippen molar-refractivity contribution in [3.05, 3.63) is 27.8 Å². The summed E-state index contributed by atoms with van der Waals surface area (Å²) in [4.78, 5) is 24.8. The minimum atomic E-state index is -0.0456. The van der Waals surface area contributed by atoms with Crippen molar-refractivity contribution in [2.45, 2.75) is 19.4 Å². The molecule has 1 fully saturated rings. The Hall–Kier alpha value is -1.71. The number of aryl methyl sites for hydroxylation is 1. The Morgan fingerprint density at radius 3 is 3.04 bits per heavy atom. The minimum absolute atomic E-state index is 0.0456. The number of carbonyl (C=O) groups excluding carboxylic acids is 1. The van der Waals surface area contributed by atoms with Crippen molar-refractivity contribution < 1.29 is 9.53 Å². The second-order valence-corrected chi connectivity index (χ2v) is 8.30. The summed E-state index contributed by atoms with van der Waals surface area (Å²) in [5.74, 6) is 1.41. The highest BCUT2D eigenvalue weighted by molar-refractivity contribution is 9.10. The van der Waals surface area contributed by atoms with Gasteiger partial charge in [0.2, 0.25) is 5.91 Å². The average molecular weight is 440 g/mol. The molecule has 0 spiro atoms. The summed E-state index contributed by atoms with van der Waals surface area (Å²) < 4.78 is 7.01. The van der Waals surface area contributed by atoms with Gasteiger partial charge in [0.15, 0.2) is 16.7 Å². The predicted molar refractivity (Wildman–Crippen MR) is 106 cm³/mol. The molecule has 9 heteroatoms. The highest BCUT2D eigenvalue weighted by atomic mass is 79.9. The van der Waals surface area contributed by atoms with Gasteiger partial charge in [-0.05, 0) is 43.0 Å². The Balaban J connectivity index is 1.67. The third-order valence-electron chi connectivity index (χ3n) is 3.91. The van der Waals surface area contributed by atoms with Gasteiger partial charge in [0.1, 0.15) is 6.10 Å². The van der Waals surface area contributed by atoms with Gasteiger partial charge in [-0.1, -0.05) is 0 Å². The predicted octanol–water partition coefficient (Wildman–Crippen LogP) is 2.89. The van der Waals surface area contributed by atoms with E-state index in [1.54, 1.807) is 6.20 Å². The molecule has 26 heavy (non-hydrogen) atoms. The number of thiazole rings is 1. The highest BCUT2D eigenvalue weighted by Gasteiger charge is 2.28. The number of aromatic nitrogens is 2. The van der Waals surface area contributed by atoms with Crippen molar-refractivity contribution in [3.63, 3.8) is 0 Å². The van der Waals surface area contributed by atoms with Crippen LogP contribution in [-0.2, 0) is 4.79 Å². The molecule has 3 rings (SSSR count). The van der Waals surface area contributed by atoms with E-state index < -0.39 is 0 Å². The second kappa shape index (κ2) is 8.32. The van der Waals surface area contributed by atoms with E-state index in [9.17, 15) is 4.79 Å². The summed E-state index contributed by atoms with van der Waals surface area (Å²) in [5.41, 5.74) is 0.961. The van der Waals surface area contributed by atoms with Crippen molar-refractivity contribution in [2.24, 2.45) is 0 Å². The number of rotatable bonds is 6. The SMILES string of the molecule is Cc1csc(Nc2ncc(Br)cc2OC2CCN(C(=O)CN(C)C)C2)n1. The number of amides is 1. The molecule has 0 bridgehead atoms. The van der Waals surface area contributed by atoms with Gasteiger partial charge in [-0.2, -0.15) is 0 Å². The van der Waals surface area contributed by atoms with Crippen LogP contribution < -0.4 is 10.1 Å². The van der Waals surface area contributed by atoms with E-state index in [-0.39, 0.29) is 12.0 Å². The fourth-order valence-electron chi connectivity index (χ4n) is 2.72. The maximum atomic E-state index is 12.2. The molecule has 0 radical (unpaired) electrons. The zero-order valence-corrected chi connectivity index (χ0v) is 17.4. The first kappa shape index (κ1) is 19.1. The largest absolute Gasteiger partial charge is 0.485 e. The zero-order chi connectivity index (χ0) is 18.7. The fraction of sp³-hybridized carbons (Fsp3) is 0.471. The molecule has 0 aliphatic carbocycles. The van der Waals surface area contributed by atoms with E-state index in [1.807, 2.05) is 42.3 Å². The number of halogens is 1. The van der Waals surface area contributed by atoms with Crippen LogP contribution in [-0.4, -0.2) is 65.5 Å². The average Bonchev–Trinajstić information content (AvgIpc) is 3.18. The van der Waals surface area contributed by atoms with Crippen LogP contribution in [0.25, 0.3) is 0 Å². The Morgan fingerprint density at radius 1 is 1.54 bits per heavy atom. The van der Waals surface area contributed by atoms with Gasteiger partial charge in [-0.15, -0.1) is 11.3 Å². The van der Waals surface area contributed by atoms with Crippen LogP contribution in [0.2, 0.25) is 0 Å². The standard InChI is InChI=1S/C17H22BrN5O2S/c1-11-10-26-17(20-11)21-16-14(6-12(18)7-19-16)25-13-4-5-23(8-13)15(24)9-22(2)3/h6-7,10,13H,4-5,8-9H2,1-3H3,(H,19,20,21). The number of likely N-dealkylation sites (tertiary alicyclic amines) is 1. The zero-order valence-electron chi connectivity index (χ0n) is 15.0. The molecule has 1 aliphatic heterocycles. The third kappa shape index (κ3) is 4.93. The Morgan fingerprint density at radius 2 is 2.35 bits per heavy atom. The van der Waals surface area contributed by atoms with Gasteiger partial charge < -0.3 is 19.9 Å². The van der Waals surface area contributed by atoms with E-state index >= 15 is 0 Å². The number of carbonyl (C=O) groups is 1. The smallest absolute Gasteiger partial charge is 0.236 e. The molecule has 1 aliphatic rings. The maximum absolute atomic E-state index is 12.2. The van der Waals surface area contributed by atoms with Crippen LogP contribution in [0.1, 0.15) is 12.1 Å². The van der Waals surface area contributed by atoms with Crippen LogP contribution >= 0.6 is 27.3 Å². The minimum Gasteiger partial charge on any atom is -0.485 e. The van der Waals surface area contributed by atoms with E-state index in [2.05, 4.69) is 31.2 Å². The van der Waals surface area contributed by atoms with Crippen molar-refractivity contribution in [1.82, 2.24) is 19.8 Å². The second-order valence-electron chi connectivity index (χ2n) is 6.53. The normalized spacial score (nSPS) is 17.0. The van der Waals surface area contributed by atoms with Crippen molar-refractivity contribution in [1.29, 1.82) is 0 Å². The molecular formula is C17H22BrN5O2S. The van der Waals surface area contributed by atoms with E-state index in [0.29, 0.717) is 31.2 Å². The highest BCUT2D eigenvalue weighted by Crippen LogP contribution is 2.31. The van der Waals surface area contributed by atoms with E-state index in [4.69, 9.17) is 4.74 Å². The number of likely N-dealkylation sites (N-methyl/N-ethyl adjacent to an activating group) is 1. The topological polar surface area (TPSA) is 70.6 Å². The summed E-state index contributed by atoms with van der Waals surface area (Å²) in [6, 6.07) is 1.89. The number of hydrogen-bond donors (Lipinski definition) is 1. The van der Waals surface area contributed by atoms with Gasteiger partial charge in [0, 0.05) is 29.0 Å². The van der Waals surface area contributed by atoms with Crippen molar-refractivity contribution >= 4 is 44.1 Å². The molecular weight excluding hydrogens is 418 g/mol. The van der Waals surface area contributed by atoms with Crippen LogP contribution in [0.4, 0.5) is 10.9 Å². The van der Waals surface area contributed by atoms with Gasteiger partial charge in [0.05, 0.1) is 18.8 Å². The first-order chi connectivity index (χ1) is 12.4. The fourth-order valence-corrected chi connectivity index (χ4v) is 3.72. The van der Waals surface area contributed by atoms with Crippen molar-refractivity contribution in [3.8, 4) is 5.75 Å². The number of ether oxygens (including phenoxy) is 1. The molecule has 1 N–H and O–H groups in total. The van der Waals surface area contributed by atoms with E-state index in [1.165, 1.54) is 11.3 Å². The maximum Gasteiger partial charge on any atom is 0.236 e. The van der Waals surface area contributed by atoms with Gasteiger partial charge in [-0.3, -0.25) is 4.79 Å². The molecule has 2 aromatic rings. The summed E-state index contributed by atoms with van der Waals surface area (Å²) in [5, 5.41) is 5.97. The first-order valence-electron chi connectivity index (χ1n) is 8.34. The van der Waals surface area contributed by atoms with E-state index in [0.717, 1.165) is 21.7 Å². The Kier molecular flexibility index (Phi) is 6.10. The van der Waals surface area contributed by atoms with Crippen LogP contribution in [0.5, 0.6) is 5.75 Å². The van der Waals surface area contributed by atoms with Gasteiger partial charge in [0.25, 0.3) is 0 Å². The lowest BCUT2D eigenvalue weighted by atomic mass is 10.3. The number of nitrogens with one attached hydrogen (secondary N) is 1. The van der Waals surface area contributed by atoms with Crippen LogP contribution in [0.15, 0.2) is 22.1 Å².